The molecular weight excluding hydrogens is 320 g/mol. The van der Waals surface area contributed by atoms with Gasteiger partial charge in [0.2, 0.25) is 11.8 Å². The van der Waals surface area contributed by atoms with Crippen LogP contribution in [0, 0.1) is 5.92 Å². The SMILES string of the molecule is Cn1nnc(NC(=O)C2CC(=O)N(C3CCCCC3)C2)c1C(F)F. The topological polar surface area (TPSA) is 80.1 Å². The van der Waals surface area contributed by atoms with E-state index >= 15 is 0 Å². The van der Waals surface area contributed by atoms with Crippen LogP contribution < -0.4 is 5.32 Å². The normalized spacial score (nSPS) is 22.4. The summed E-state index contributed by atoms with van der Waals surface area (Å²) < 4.78 is 26.9. The molecule has 1 saturated heterocycles. The van der Waals surface area contributed by atoms with E-state index in [-0.39, 0.29) is 24.2 Å². The second-order valence-corrected chi connectivity index (χ2v) is 6.48. The standard InChI is InChI=1S/C15H21F2N5O2/c1-21-12(13(16)17)14(19-20-21)18-15(24)9-7-11(23)22(8-9)10-5-3-2-4-6-10/h9-10,13H,2-8H2,1H3,(H,18,24). The van der Waals surface area contributed by atoms with Gasteiger partial charge in [-0.1, -0.05) is 24.5 Å². The van der Waals surface area contributed by atoms with Crippen LogP contribution in [-0.2, 0) is 16.6 Å². The third-order valence-electron chi connectivity index (χ3n) is 4.86. The number of likely N-dealkylation sites (tertiary alicyclic amines) is 1. The highest BCUT2D eigenvalue weighted by Crippen LogP contribution is 2.30. The van der Waals surface area contributed by atoms with Gasteiger partial charge in [-0.3, -0.25) is 9.59 Å². The van der Waals surface area contributed by atoms with Crippen molar-refractivity contribution < 1.29 is 18.4 Å². The average molecular weight is 341 g/mol. The quantitative estimate of drug-likeness (QED) is 0.907. The first-order chi connectivity index (χ1) is 11.5. The van der Waals surface area contributed by atoms with Gasteiger partial charge >= 0.3 is 0 Å². The molecule has 1 aliphatic carbocycles. The molecule has 1 unspecified atom stereocenters. The maximum Gasteiger partial charge on any atom is 0.283 e. The number of nitrogens with zero attached hydrogens (tertiary/aromatic N) is 4. The fourth-order valence-electron chi connectivity index (χ4n) is 3.57. The third-order valence-corrected chi connectivity index (χ3v) is 4.86. The summed E-state index contributed by atoms with van der Waals surface area (Å²) in [6.45, 7) is 0.347. The zero-order chi connectivity index (χ0) is 17.3. The number of hydrogen-bond acceptors (Lipinski definition) is 4. The van der Waals surface area contributed by atoms with Crippen LogP contribution in [-0.4, -0.2) is 44.3 Å². The predicted octanol–water partition coefficient (Wildman–Crippen LogP) is 1.87. The molecule has 0 radical (unpaired) electrons. The zero-order valence-electron chi connectivity index (χ0n) is 13.5. The molecule has 7 nitrogen and oxygen atoms in total. The minimum atomic E-state index is -2.79. The molecule has 2 heterocycles. The van der Waals surface area contributed by atoms with Crippen molar-refractivity contribution >= 4 is 17.6 Å². The maximum atomic E-state index is 13.0. The smallest absolute Gasteiger partial charge is 0.283 e. The van der Waals surface area contributed by atoms with Gasteiger partial charge in [0.1, 0.15) is 5.69 Å². The zero-order valence-corrected chi connectivity index (χ0v) is 13.5. The summed E-state index contributed by atoms with van der Waals surface area (Å²) in [5, 5.41) is 9.50. The van der Waals surface area contributed by atoms with Gasteiger partial charge in [0.05, 0.1) is 5.92 Å². The number of halogens is 2. The molecule has 0 aromatic carbocycles. The molecule has 24 heavy (non-hydrogen) atoms. The highest BCUT2D eigenvalue weighted by molar-refractivity contribution is 5.97. The van der Waals surface area contributed by atoms with Crippen LogP contribution in [0.3, 0.4) is 0 Å². The van der Waals surface area contributed by atoms with Gasteiger partial charge in [0, 0.05) is 26.1 Å². The Morgan fingerprint density at radius 1 is 1.29 bits per heavy atom. The molecule has 132 valence electrons. The Morgan fingerprint density at radius 2 is 2.00 bits per heavy atom. The Morgan fingerprint density at radius 3 is 2.67 bits per heavy atom. The fraction of sp³-hybridized carbons (Fsp3) is 0.733. The van der Waals surface area contributed by atoms with Crippen LogP contribution in [0.2, 0.25) is 0 Å². The maximum absolute atomic E-state index is 13.0. The molecule has 1 aromatic heterocycles. The monoisotopic (exact) mass is 341 g/mol. The van der Waals surface area contributed by atoms with Crippen molar-refractivity contribution in [2.45, 2.75) is 51.0 Å². The van der Waals surface area contributed by atoms with Gasteiger partial charge < -0.3 is 10.2 Å². The predicted molar refractivity (Wildman–Crippen MR) is 81.3 cm³/mol. The van der Waals surface area contributed by atoms with Crippen molar-refractivity contribution in [1.82, 2.24) is 19.9 Å². The Hall–Kier alpha value is -2.06. The molecule has 2 aliphatic rings. The lowest BCUT2D eigenvalue weighted by Gasteiger charge is -2.31. The number of amides is 2. The Labute approximate surface area is 138 Å². The Balaban J connectivity index is 1.65. The van der Waals surface area contributed by atoms with Crippen LogP contribution in [0.25, 0.3) is 0 Å². The number of anilines is 1. The minimum absolute atomic E-state index is 0.0321. The Bertz CT molecular complexity index is 627. The van der Waals surface area contributed by atoms with E-state index in [2.05, 4.69) is 15.6 Å². The Kier molecular flexibility index (Phi) is 4.77. The van der Waals surface area contributed by atoms with Crippen LogP contribution in [0.4, 0.5) is 14.6 Å². The van der Waals surface area contributed by atoms with E-state index in [0.29, 0.717) is 6.54 Å². The van der Waals surface area contributed by atoms with Gasteiger partial charge in [-0.25, -0.2) is 13.5 Å². The number of carbonyl (C=O) groups is 2. The average Bonchev–Trinajstić information content (AvgIpc) is 3.11. The highest BCUT2D eigenvalue weighted by Gasteiger charge is 2.38. The summed E-state index contributed by atoms with van der Waals surface area (Å²) in [5.74, 6) is -1.26. The summed E-state index contributed by atoms with van der Waals surface area (Å²) in [4.78, 5) is 26.4. The number of hydrogen-bond donors (Lipinski definition) is 1. The first-order valence-electron chi connectivity index (χ1n) is 8.25. The molecular formula is C15H21F2N5O2. The second-order valence-electron chi connectivity index (χ2n) is 6.48. The minimum Gasteiger partial charge on any atom is -0.339 e. The molecule has 1 aromatic rings. The van der Waals surface area contributed by atoms with Crippen molar-refractivity contribution in [2.75, 3.05) is 11.9 Å². The van der Waals surface area contributed by atoms with Crippen molar-refractivity contribution in [2.24, 2.45) is 13.0 Å². The van der Waals surface area contributed by atoms with Gasteiger partial charge in [-0.2, -0.15) is 0 Å². The van der Waals surface area contributed by atoms with Crippen molar-refractivity contribution in [3.63, 3.8) is 0 Å². The second kappa shape index (κ2) is 6.82. The van der Waals surface area contributed by atoms with Gasteiger partial charge in [0.25, 0.3) is 6.43 Å². The van der Waals surface area contributed by atoms with E-state index in [1.54, 1.807) is 4.90 Å². The van der Waals surface area contributed by atoms with Gasteiger partial charge in [-0.15, -0.1) is 5.10 Å². The molecule has 2 amide bonds. The summed E-state index contributed by atoms with van der Waals surface area (Å²) in [5.41, 5.74) is -0.434. The van der Waals surface area contributed by atoms with Crippen molar-refractivity contribution in [3.05, 3.63) is 5.69 Å². The molecule has 1 aliphatic heterocycles. The molecule has 9 heteroatoms. The lowest BCUT2D eigenvalue weighted by atomic mass is 9.94. The van der Waals surface area contributed by atoms with Crippen LogP contribution in [0.5, 0.6) is 0 Å². The van der Waals surface area contributed by atoms with Crippen molar-refractivity contribution in [3.8, 4) is 0 Å². The van der Waals surface area contributed by atoms with Crippen LogP contribution >= 0.6 is 0 Å². The largest absolute Gasteiger partial charge is 0.339 e. The molecule has 0 bridgehead atoms. The van der Waals surface area contributed by atoms with Gasteiger partial charge in [0.15, 0.2) is 5.82 Å². The summed E-state index contributed by atoms with van der Waals surface area (Å²) in [7, 11) is 1.34. The summed E-state index contributed by atoms with van der Waals surface area (Å²) >= 11 is 0. The lowest BCUT2D eigenvalue weighted by Crippen LogP contribution is -2.38. The first kappa shape index (κ1) is 16.8. The number of carbonyl (C=O) groups excluding carboxylic acids is 2. The molecule has 1 atom stereocenters. The number of alkyl halides is 2. The van der Waals surface area contributed by atoms with E-state index in [4.69, 9.17) is 0 Å². The number of aromatic nitrogens is 3. The number of aryl methyl sites for hydroxylation is 1. The molecule has 0 spiro atoms. The number of rotatable bonds is 4. The first-order valence-corrected chi connectivity index (χ1v) is 8.25. The van der Waals surface area contributed by atoms with Gasteiger partial charge in [-0.05, 0) is 12.8 Å². The molecule has 2 fully saturated rings. The molecule has 3 rings (SSSR count). The van der Waals surface area contributed by atoms with E-state index in [1.165, 1.54) is 13.5 Å². The third kappa shape index (κ3) is 3.25. The van der Waals surface area contributed by atoms with E-state index < -0.39 is 23.9 Å². The highest BCUT2D eigenvalue weighted by atomic mass is 19.3. The molecule has 1 N–H and O–H groups in total. The number of nitrogens with one attached hydrogen (secondary N) is 1. The van der Waals surface area contributed by atoms with E-state index in [1.807, 2.05) is 0 Å². The molecule has 1 saturated carbocycles. The lowest BCUT2D eigenvalue weighted by molar-refractivity contribution is -0.130. The van der Waals surface area contributed by atoms with E-state index in [0.717, 1.165) is 30.4 Å². The van der Waals surface area contributed by atoms with Crippen molar-refractivity contribution in [1.29, 1.82) is 0 Å². The van der Waals surface area contributed by atoms with Crippen LogP contribution in [0.15, 0.2) is 0 Å². The van der Waals surface area contributed by atoms with E-state index in [9.17, 15) is 18.4 Å². The summed E-state index contributed by atoms with van der Waals surface area (Å²) in [6, 6.07) is 0.206. The van der Waals surface area contributed by atoms with Crippen LogP contribution in [0.1, 0.15) is 50.6 Å². The fourth-order valence-corrected chi connectivity index (χ4v) is 3.57. The summed E-state index contributed by atoms with van der Waals surface area (Å²) in [6.07, 6.45) is 2.66.